The first kappa shape index (κ1) is 31.1. The van der Waals surface area contributed by atoms with E-state index in [0.29, 0.717) is 9.79 Å². The summed E-state index contributed by atoms with van der Waals surface area (Å²) in [4.78, 5) is 10.0. The fourth-order valence-electron chi connectivity index (χ4n) is 8.21. The quantitative estimate of drug-likeness (QED) is 0.176. The molecular weight excluding hydrogens is 709 g/mol. The molecule has 0 spiro atoms. The van der Waals surface area contributed by atoms with Crippen LogP contribution in [0.1, 0.15) is 11.1 Å². The van der Waals surface area contributed by atoms with Gasteiger partial charge in [0.15, 0.2) is 0 Å². The fraction of sp³-hybridized carbons (Fsp3) is 0.0435. The van der Waals surface area contributed by atoms with E-state index < -0.39 is 9.84 Å². The summed E-state index contributed by atoms with van der Waals surface area (Å²) in [5.41, 5.74) is 10.1. The van der Waals surface area contributed by atoms with Crippen LogP contribution in [0.5, 0.6) is 0 Å². The van der Waals surface area contributed by atoms with Crippen molar-refractivity contribution < 1.29 is 8.42 Å². The summed E-state index contributed by atoms with van der Waals surface area (Å²) in [5, 5.41) is 4.63. The number of hydrogen-bond acceptors (Lipinski definition) is 6. The number of fused-ring (bicyclic) bond motifs is 11. The van der Waals surface area contributed by atoms with Crippen molar-refractivity contribution in [3.05, 3.63) is 157 Å². The Morgan fingerprint density at radius 3 is 1.38 bits per heavy atom. The lowest BCUT2D eigenvalue weighted by atomic mass is 10.0. The Kier molecular flexibility index (Phi) is 6.61. The normalized spacial score (nSPS) is 14.7. The topological polar surface area (TPSA) is 40.6 Å². The lowest BCUT2D eigenvalue weighted by molar-refractivity contribution is 0.598. The minimum Gasteiger partial charge on any atom is -0.308 e. The molecule has 4 nitrogen and oxygen atoms in total. The minimum atomic E-state index is -3.73. The van der Waals surface area contributed by atoms with Crippen LogP contribution >= 0.6 is 23.5 Å². The molecule has 0 amide bonds. The van der Waals surface area contributed by atoms with E-state index in [1.54, 1.807) is 35.7 Å². The summed E-state index contributed by atoms with van der Waals surface area (Å²) in [6.45, 7) is 4.25. The predicted molar refractivity (Wildman–Crippen MR) is 219 cm³/mol. The van der Waals surface area contributed by atoms with Crippen molar-refractivity contribution in [3.8, 4) is 11.1 Å². The molecule has 3 aliphatic heterocycles. The number of rotatable bonds is 2. The zero-order valence-electron chi connectivity index (χ0n) is 28.8. The molecule has 254 valence electrons. The van der Waals surface area contributed by atoms with Crippen molar-refractivity contribution >= 4 is 89.0 Å². The average Bonchev–Trinajstić information content (AvgIpc) is 3.40. The van der Waals surface area contributed by atoms with E-state index in [4.69, 9.17) is 0 Å². The Balaban J connectivity index is 1.14. The SMILES string of the molecule is Cc1ccc2c(c1)Sc1ccc3ccccc3c1N2c1ccc2c(c1)-c1cc(N3c4ccc(C)cc4Sc4ccc5ccccc5c43)ccc1S2(=O)=O. The molecule has 8 aromatic carbocycles. The van der Waals surface area contributed by atoms with Crippen LogP contribution in [-0.2, 0) is 9.84 Å². The molecule has 0 saturated heterocycles. The number of hydrogen-bond donors (Lipinski definition) is 0. The van der Waals surface area contributed by atoms with Gasteiger partial charge in [-0.25, -0.2) is 8.42 Å². The van der Waals surface area contributed by atoms with Crippen LogP contribution in [0.15, 0.2) is 175 Å². The van der Waals surface area contributed by atoms with Gasteiger partial charge in [0.05, 0.1) is 32.5 Å². The third kappa shape index (κ3) is 4.54. The van der Waals surface area contributed by atoms with Gasteiger partial charge in [-0.05, 0) is 109 Å². The third-order valence-electron chi connectivity index (χ3n) is 10.6. The molecule has 0 saturated carbocycles. The second-order valence-electron chi connectivity index (χ2n) is 13.9. The van der Waals surface area contributed by atoms with E-state index in [0.717, 1.165) is 66.8 Å². The van der Waals surface area contributed by atoms with Crippen LogP contribution in [0.25, 0.3) is 32.7 Å². The van der Waals surface area contributed by atoms with Gasteiger partial charge in [-0.1, -0.05) is 96.3 Å². The monoisotopic (exact) mass is 738 g/mol. The summed E-state index contributed by atoms with van der Waals surface area (Å²) in [5.74, 6) is 0. The highest BCUT2D eigenvalue weighted by atomic mass is 32.2. The maximum Gasteiger partial charge on any atom is 0.207 e. The maximum absolute atomic E-state index is 14.2. The van der Waals surface area contributed by atoms with Gasteiger partial charge in [0.2, 0.25) is 9.84 Å². The molecule has 8 aromatic rings. The highest BCUT2D eigenvalue weighted by Crippen LogP contribution is 2.58. The summed E-state index contributed by atoms with van der Waals surface area (Å²) in [6.07, 6.45) is 0. The number of sulfone groups is 1. The first-order chi connectivity index (χ1) is 25.8. The molecule has 3 aliphatic rings. The van der Waals surface area contributed by atoms with E-state index >= 15 is 0 Å². The highest BCUT2D eigenvalue weighted by Gasteiger charge is 2.36. The Bertz CT molecular complexity index is 2830. The molecular formula is C46H30N2O2S3. The molecule has 0 atom stereocenters. The highest BCUT2D eigenvalue weighted by molar-refractivity contribution is 8.00. The number of anilines is 6. The molecule has 11 rings (SSSR count). The first-order valence-corrected chi connectivity index (χ1v) is 20.7. The van der Waals surface area contributed by atoms with Gasteiger partial charge in [-0.3, -0.25) is 0 Å². The van der Waals surface area contributed by atoms with Crippen molar-refractivity contribution in [2.24, 2.45) is 0 Å². The van der Waals surface area contributed by atoms with Gasteiger partial charge in [-0.15, -0.1) is 0 Å². The van der Waals surface area contributed by atoms with Crippen molar-refractivity contribution in [3.63, 3.8) is 0 Å². The Morgan fingerprint density at radius 1 is 0.453 bits per heavy atom. The van der Waals surface area contributed by atoms with E-state index in [9.17, 15) is 8.42 Å². The van der Waals surface area contributed by atoms with E-state index in [-0.39, 0.29) is 0 Å². The van der Waals surface area contributed by atoms with Crippen LogP contribution in [0.4, 0.5) is 34.1 Å². The molecule has 0 aliphatic carbocycles. The second kappa shape index (κ2) is 11.3. The van der Waals surface area contributed by atoms with E-state index in [2.05, 4.69) is 145 Å². The van der Waals surface area contributed by atoms with Gasteiger partial charge in [0.25, 0.3) is 0 Å². The lowest BCUT2D eigenvalue weighted by Gasteiger charge is -2.34. The average molecular weight is 739 g/mol. The van der Waals surface area contributed by atoms with Gasteiger partial charge in [-0.2, -0.15) is 0 Å². The summed E-state index contributed by atoms with van der Waals surface area (Å²) < 4.78 is 28.5. The molecule has 0 N–H and O–H groups in total. The Hall–Kier alpha value is -5.47. The van der Waals surface area contributed by atoms with E-state index in [1.165, 1.54) is 30.7 Å². The third-order valence-corrected chi connectivity index (χ3v) is 14.7. The number of aryl methyl sites for hydroxylation is 2. The van der Waals surface area contributed by atoms with Gasteiger partial charge in [0.1, 0.15) is 0 Å². The summed E-state index contributed by atoms with van der Waals surface area (Å²) in [7, 11) is -3.73. The summed E-state index contributed by atoms with van der Waals surface area (Å²) in [6, 6.07) is 50.6. The van der Waals surface area contributed by atoms with Crippen LogP contribution in [-0.4, -0.2) is 8.42 Å². The predicted octanol–water partition coefficient (Wildman–Crippen LogP) is 13.3. The van der Waals surface area contributed by atoms with Crippen LogP contribution in [0, 0.1) is 13.8 Å². The molecule has 0 unspecified atom stereocenters. The molecule has 0 fully saturated rings. The largest absolute Gasteiger partial charge is 0.308 e. The van der Waals surface area contributed by atoms with Crippen LogP contribution in [0.3, 0.4) is 0 Å². The second-order valence-corrected chi connectivity index (χ2v) is 18.0. The Labute approximate surface area is 316 Å². The lowest BCUT2D eigenvalue weighted by Crippen LogP contribution is -2.16. The molecule has 0 radical (unpaired) electrons. The van der Waals surface area contributed by atoms with Crippen LogP contribution in [0.2, 0.25) is 0 Å². The van der Waals surface area contributed by atoms with Crippen molar-refractivity contribution in [1.82, 2.24) is 0 Å². The van der Waals surface area contributed by atoms with Gasteiger partial charge < -0.3 is 9.80 Å². The fourth-order valence-corrected chi connectivity index (χ4v) is 12.2. The molecule has 7 heteroatoms. The molecule has 0 aromatic heterocycles. The van der Waals surface area contributed by atoms with Crippen molar-refractivity contribution in [1.29, 1.82) is 0 Å². The minimum absolute atomic E-state index is 0.345. The van der Waals surface area contributed by atoms with Gasteiger partial charge in [0, 0.05) is 52.9 Å². The maximum atomic E-state index is 14.2. The molecule has 53 heavy (non-hydrogen) atoms. The summed E-state index contributed by atoms with van der Waals surface area (Å²) >= 11 is 3.57. The molecule has 0 bridgehead atoms. The zero-order chi connectivity index (χ0) is 35.6. The first-order valence-electron chi connectivity index (χ1n) is 17.6. The van der Waals surface area contributed by atoms with Gasteiger partial charge >= 0.3 is 0 Å². The number of benzene rings is 8. The van der Waals surface area contributed by atoms with E-state index in [1.807, 2.05) is 12.1 Å². The van der Waals surface area contributed by atoms with Crippen LogP contribution < -0.4 is 9.80 Å². The molecule has 3 heterocycles. The van der Waals surface area contributed by atoms with Crippen molar-refractivity contribution in [2.45, 2.75) is 43.2 Å². The van der Waals surface area contributed by atoms with Crippen molar-refractivity contribution in [2.75, 3.05) is 9.80 Å². The zero-order valence-corrected chi connectivity index (χ0v) is 31.2. The standard InChI is InChI=1S/C46H30N2O2S3/c1-27-11-17-37-41(23-27)51-39-19-13-29-7-3-5-9-33(29)45(39)47(37)31-15-21-43-35(25-31)36-26-32(16-22-44(36)53(43,49)50)48-38-18-12-28(2)24-42(38)52-40-20-14-30-8-4-6-10-34(30)46(40)48/h3-26H,1-2H3. The smallest absolute Gasteiger partial charge is 0.207 e. The Morgan fingerprint density at radius 2 is 0.906 bits per heavy atom. The number of nitrogens with zero attached hydrogens (tertiary/aromatic N) is 2.